The van der Waals surface area contributed by atoms with Crippen LogP contribution in [0.2, 0.25) is 0 Å². The summed E-state index contributed by atoms with van der Waals surface area (Å²) in [6.07, 6.45) is -0.104. The average Bonchev–Trinajstić information content (AvgIpc) is 2.92. The van der Waals surface area contributed by atoms with Gasteiger partial charge >= 0.3 is 0 Å². The molecule has 0 saturated heterocycles. The molecule has 3 rings (SSSR count). The number of ether oxygens (including phenoxy) is 1. The van der Waals surface area contributed by atoms with Crippen molar-refractivity contribution in [1.82, 2.24) is 0 Å². The molecule has 21 heavy (non-hydrogen) atoms. The van der Waals surface area contributed by atoms with Crippen LogP contribution in [0.1, 0.15) is 23.0 Å². The van der Waals surface area contributed by atoms with Gasteiger partial charge in [0.2, 0.25) is 0 Å². The number of benzene rings is 2. The zero-order valence-corrected chi connectivity index (χ0v) is 12.2. The molecule has 0 spiro atoms. The fourth-order valence-electron chi connectivity index (χ4n) is 2.57. The van der Waals surface area contributed by atoms with Crippen LogP contribution < -0.4 is 0 Å². The van der Waals surface area contributed by atoms with Crippen molar-refractivity contribution in [2.45, 2.75) is 13.0 Å². The lowest BCUT2D eigenvalue weighted by atomic mass is 10.0. The Hall–Kier alpha value is -2.32. The number of hydrogen-bond donors (Lipinski definition) is 0. The highest BCUT2D eigenvalue weighted by Crippen LogP contribution is 2.33. The molecule has 0 radical (unpaired) electrons. The normalized spacial score (nSPS) is 12.3. The van der Waals surface area contributed by atoms with E-state index in [2.05, 4.69) is 18.2 Å². The standard InChI is InChI=1S/C19H18O2/c1-14-17(19(20-2)16-11-7-4-8-12-16)13-18(21-14)15-9-5-3-6-10-15/h3-13,19H,1-2H3/t19-/m0/s1. The summed E-state index contributed by atoms with van der Waals surface area (Å²) in [5.74, 6) is 1.77. The Morgan fingerprint density at radius 2 is 1.52 bits per heavy atom. The molecule has 3 aromatic rings. The van der Waals surface area contributed by atoms with E-state index >= 15 is 0 Å². The Kier molecular flexibility index (Phi) is 3.89. The van der Waals surface area contributed by atoms with Crippen LogP contribution in [0.5, 0.6) is 0 Å². The SMILES string of the molecule is CO[C@@H](c1ccccc1)c1cc(-c2ccccc2)oc1C. The van der Waals surface area contributed by atoms with Gasteiger partial charge in [0, 0.05) is 18.2 Å². The van der Waals surface area contributed by atoms with E-state index in [4.69, 9.17) is 9.15 Å². The van der Waals surface area contributed by atoms with Gasteiger partial charge in [-0.15, -0.1) is 0 Å². The molecule has 1 heterocycles. The van der Waals surface area contributed by atoms with Crippen molar-refractivity contribution < 1.29 is 9.15 Å². The van der Waals surface area contributed by atoms with Gasteiger partial charge in [0.15, 0.2) is 0 Å². The summed E-state index contributed by atoms with van der Waals surface area (Å²) in [5, 5.41) is 0. The van der Waals surface area contributed by atoms with Crippen LogP contribution in [0.15, 0.2) is 71.1 Å². The van der Waals surface area contributed by atoms with Crippen LogP contribution in [0.25, 0.3) is 11.3 Å². The van der Waals surface area contributed by atoms with E-state index in [9.17, 15) is 0 Å². The summed E-state index contributed by atoms with van der Waals surface area (Å²) in [5.41, 5.74) is 3.28. The second kappa shape index (κ2) is 5.98. The zero-order valence-electron chi connectivity index (χ0n) is 12.2. The third-order valence-electron chi connectivity index (χ3n) is 3.63. The molecule has 2 heteroatoms. The number of aryl methyl sites for hydroxylation is 1. The monoisotopic (exact) mass is 278 g/mol. The molecule has 0 aliphatic heterocycles. The first-order valence-corrected chi connectivity index (χ1v) is 7.03. The minimum atomic E-state index is -0.104. The van der Waals surface area contributed by atoms with Crippen molar-refractivity contribution >= 4 is 0 Å². The van der Waals surface area contributed by atoms with E-state index < -0.39 is 0 Å². The quantitative estimate of drug-likeness (QED) is 0.670. The Labute approximate surface area is 125 Å². The summed E-state index contributed by atoms with van der Waals surface area (Å²) in [6, 6.07) is 22.4. The minimum Gasteiger partial charge on any atom is -0.461 e. The predicted octanol–water partition coefficient (Wildman–Crippen LogP) is 4.99. The van der Waals surface area contributed by atoms with Crippen LogP contribution in [0.3, 0.4) is 0 Å². The van der Waals surface area contributed by atoms with Crippen molar-refractivity contribution in [2.24, 2.45) is 0 Å². The minimum absolute atomic E-state index is 0.104. The smallest absolute Gasteiger partial charge is 0.134 e. The zero-order chi connectivity index (χ0) is 14.7. The van der Waals surface area contributed by atoms with Gasteiger partial charge in [-0.2, -0.15) is 0 Å². The molecule has 0 unspecified atom stereocenters. The predicted molar refractivity (Wildman–Crippen MR) is 84.2 cm³/mol. The second-order valence-electron chi connectivity index (χ2n) is 5.01. The molecular weight excluding hydrogens is 260 g/mol. The highest BCUT2D eigenvalue weighted by Gasteiger charge is 2.19. The van der Waals surface area contributed by atoms with E-state index in [1.165, 1.54) is 0 Å². The summed E-state index contributed by atoms with van der Waals surface area (Å²) < 4.78 is 11.6. The van der Waals surface area contributed by atoms with Gasteiger partial charge in [0.25, 0.3) is 0 Å². The Balaban J connectivity index is 2.01. The van der Waals surface area contributed by atoms with Gasteiger partial charge in [0.05, 0.1) is 0 Å². The third kappa shape index (κ3) is 2.76. The maximum atomic E-state index is 5.92. The molecular formula is C19H18O2. The first kappa shape index (κ1) is 13.7. The fraction of sp³-hybridized carbons (Fsp3) is 0.158. The molecule has 0 saturated carbocycles. The van der Waals surface area contributed by atoms with Gasteiger partial charge in [-0.3, -0.25) is 0 Å². The number of rotatable bonds is 4. The van der Waals surface area contributed by atoms with E-state index in [1.54, 1.807) is 7.11 Å². The van der Waals surface area contributed by atoms with Gasteiger partial charge in [-0.05, 0) is 18.6 Å². The topological polar surface area (TPSA) is 22.4 Å². The number of furan rings is 1. The highest BCUT2D eigenvalue weighted by molar-refractivity contribution is 5.59. The summed E-state index contributed by atoms with van der Waals surface area (Å²) >= 11 is 0. The van der Waals surface area contributed by atoms with Crippen molar-refractivity contribution in [3.63, 3.8) is 0 Å². The van der Waals surface area contributed by atoms with Crippen molar-refractivity contribution in [1.29, 1.82) is 0 Å². The van der Waals surface area contributed by atoms with E-state index in [1.807, 2.05) is 55.5 Å². The van der Waals surface area contributed by atoms with Crippen molar-refractivity contribution in [2.75, 3.05) is 7.11 Å². The van der Waals surface area contributed by atoms with E-state index in [-0.39, 0.29) is 6.10 Å². The van der Waals surface area contributed by atoms with Gasteiger partial charge in [-0.1, -0.05) is 60.7 Å². The molecule has 0 aliphatic carbocycles. The van der Waals surface area contributed by atoms with E-state index in [0.717, 1.165) is 28.2 Å². The van der Waals surface area contributed by atoms with Crippen LogP contribution >= 0.6 is 0 Å². The molecule has 0 bridgehead atoms. The van der Waals surface area contributed by atoms with Gasteiger partial charge in [0.1, 0.15) is 17.6 Å². The average molecular weight is 278 g/mol. The third-order valence-corrected chi connectivity index (χ3v) is 3.63. The van der Waals surface area contributed by atoms with Gasteiger partial charge < -0.3 is 9.15 Å². The molecule has 0 aliphatic rings. The van der Waals surface area contributed by atoms with Crippen molar-refractivity contribution in [3.8, 4) is 11.3 Å². The molecule has 0 N–H and O–H groups in total. The summed E-state index contributed by atoms with van der Waals surface area (Å²) in [6.45, 7) is 1.98. The molecule has 1 atom stereocenters. The van der Waals surface area contributed by atoms with Crippen LogP contribution in [0, 0.1) is 6.92 Å². The highest BCUT2D eigenvalue weighted by atomic mass is 16.5. The first-order chi connectivity index (χ1) is 10.3. The van der Waals surface area contributed by atoms with Crippen LogP contribution in [0.4, 0.5) is 0 Å². The lowest BCUT2D eigenvalue weighted by Crippen LogP contribution is -2.03. The van der Waals surface area contributed by atoms with Crippen LogP contribution in [-0.4, -0.2) is 7.11 Å². The molecule has 0 amide bonds. The Morgan fingerprint density at radius 3 is 2.14 bits per heavy atom. The molecule has 1 aromatic heterocycles. The van der Waals surface area contributed by atoms with E-state index in [0.29, 0.717) is 0 Å². The molecule has 106 valence electrons. The van der Waals surface area contributed by atoms with Gasteiger partial charge in [-0.25, -0.2) is 0 Å². The fourth-order valence-corrected chi connectivity index (χ4v) is 2.57. The molecule has 2 nitrogen and oxygen atoms in total. The second-order valence-corrected chi connectivity index (χ2v) is 5.01. The first-order valence-electron chi connectivity index (χ1n) is 7.03. The number of hydrogen-bond acceptors (Lipinski definition) is 2. The largest absolute Gasteiger partial charge is 0.461 e. The lowest BCUT2D eigenvalue weighted by Gasteiger charge is -2.14. The molecule has 0 fully saturated rings. The summed E-state index contributed by atoms with van der Waals surface area (Å²) in [4.78, 5) is 0. The lowest BCUT2D eigenvalue weighted by molar-refractivity contribution is 0.135. The Bertz CT molecular complexity index is 699. The maximum absolute atomic E-state index is 5.92. The summed E-state index contributed by atoms with van der Waals surface area (Å²) in [7, 11) is 1.73. The number of methoxy groups -OCH3 is 1. The van der Waals surface area contributed by atoms with Crippen molar-refractivity contribution in [3.05, 3.63) is 83.6 Å². The Morgan fingerprint density at radius 1 is 0.905 bits per heavy atom. The maximum Gasteiger partial charge on any atom is 0.134 e. The van der Waals surface area contributed by atoms with Crippen LogP contribution in [-0.2, 0) is 4.74 Å². The molecule has 2 aromatic carbocycles.